The Hall–Kier alpha value is -0.900. The maximum Gasteiger partial charge on any atom is 0.246 e. The molecule has 15 heavy (non-hydrogen) atoms. The summed E-state index contributed by atoms with van der Waals surface area (Å²) in [5, 5.41) is 7.51. The van der Waals surface area contributed by atoms with Crippen LogP contribution in [-0.4, -0.2) is 16.2 Å². The van der Waals surface area contributed by atoms with Crippen molar-refractivity contribution in [2.75, 3.05) is 0 Å². The molecule has 0 aromatic carbocycles. The zero-order valence-electron chi connectivity index (χ0n) is 9.87. The van der Waals surface area contributed by atoms with Gasteiger partial charge in [0.2, 0.25) is 5.89 Å². The number of rotatable bonds is 4. The first kappa shape index (κ1) is 10.6. The molecule has 1 heterocycles. The van der Waals surface area contributed by atoms with Crippen molar-refractivity contribution in [3.8, 4) is 0 Å². The third-order valence-corrected chi connectivity index (χ3v) is 2.68. The van der Waals surface area contributed by atoms with E-state index >= 15 is 0 Å². The summed E-state index contributed by atoms with van der Waals surface area (Å²) < 4.78 is 5.33. The van der Waals surface area contributed by atoms with E-state index in [0.717, 1.165) is 24.6 Å². The van der Waals surface area contributed by atoms with Crippen LogP contribution in [0.2, 0.25) is 0 Å². The first-order chi connectivity index (χ1) is 7.03. The van der Waals surface area contributed by atoms with Crippen LogP contribution in [0.25, 0.3) is 0 Å². The Labute approximate surface area is 90.4 Å². The maximum absolute atomic E-state index is 5.33. The molecule has 1 aliphatic rings. The third-order valence-electron chi connectivity index (χ3n) is 2.68. The summed E-state index contributed by atoms with van der Waals surface area (Å²) in [7, 11) is 0. The summed E-state index contributed by atoms with van der Waals surface area (Å²) in [5.41, 5.74) is -0.0195. The molecule has 1 aromatic rings. The lowest BCUT2D eigenvalue weighted by Crippen LogP contribution is -2.35. The minimum absolute atomic E-state index is 0.0195. The van der Waals surface area contributed by atoms with Crippen molar-refractivity contribution in [2.24, 2.45) is 0 Å². The maximum atomic E-state index is 5.33. The summed E-state index contributed by atoms with van der Waals surface area (Å²) in [6.07, 6.45) is 2.20. The van der Waals surface area contributed by atoms with E-state index in [-0.39, 0.29) is 5.54 Å². The van der Waals surface area contributed by atoms with Crippen LogP contribution in [0.5, 0.6) is 0 Å². The number of hydrogen-bond acceptors (Lipinski definition) is 4. The van der Waals surface area contributed by atoms with Gasteiger partial charge in [0.05, 0.1) is 5.54 Å². The fourth-order valence-electron chi connectivity index (χ4n) is 1.76. The van der Waals surface area contributed by atoms with Crippen LogP contribution in [0.4, 0.5) is 0 Å². The summed E-state index contributed by atoms with van der Waals surface area (Å²) in [5.74, 6) is 1.90. The van der Waals surface area contributed by atoms with E-state index in [0.29, 0.717) is 12.0 Å². The van der Waals surface area contributed by atoms with E-state index in [1.807, 2.05) is 0 Å². The van der Waals surface area contributed by atoms with Crippen LogP contribution in [0.3, 0.4) is 0 Å². The smallest absolute Gasteiger partial charge is 0.246 e. The number of aromatic nitrogens is 2. The molecule has 1 fully saturated rings. The van der Waals surface area contributed by atoms with Gasteiger partial charge in [-0.15, -0.1) is 0 Å². The minimum Gasteiger partial charge on any atom is -0.337 e. The van der Waals surface area contributed by atoms with E-state index in [1.165, 1.54) is 0 Å². The molecule has 0 spiro atoms. The molecule has 2 rings (SSSR count). The van der Waals surface area contributed by atoms with Gasteiger partial charge in [0, 0.05) is 12.0 Å². The van der Waals surface area contributed by atoms with Gasteiger partial charge in [-0.25, -0.2) is 0 Å². The van der Waals surface area contributed by atoms with Gasteiger partial charge in [0.15, 0.2) is 5.82 Å². The van der Waals surface area contributed by atoms with E-state index in [9.17, 15) is 0 Å². The SMILES string of the molecule is CC(C)NC1(c2nc(C(C)C)no2)CC1. The highest BCUT2D eigenvalue weighted by Gasteiger charge is 2.49. The second-order valence-electron chi connectivity index (χ2n) is 4.99. The average molecular weight is 209 g/mol. The van der Waals surface area contributed by atoms with Gasteiger partial charge in [-0.3, -0.25) is 0 Å². The number of hydrogen-bond donors (Lipinski definition) is 1. The summed E-state index contributed by atoms with van der Waals surface area (Å²) in [4.78, 5) is 4.46. The van der Waals surface area contributed by atoms with Crippen molar-refractivity contribution in [2.45, 2.75) is 58.0 Å². The molecule has 1 aliphatic carbocycles. The van der Waals surface area contributed by atoms with Crippen molar-refractivity contribution in [3.63, 3.8) is 0 Å². The van der Waals surface area contributed by atoms with Gasteiger partial charge in [-0.2, -0.15) is 4.98 Å². The lowest BCUT2D eigenvalue weighted by Gasteiger charge is -2.15. The monoisotopic (exact) mass is 209 g/mol. The van der Waals surface area contributed by atoms with Crippen molar-refractivity contribution in [1.82, 2.24) is 15.5 Å². The van der Waals surface area contributed by atoms with Gasteiger partial charge < -0.3 is 9.84 Å². The molecule has 0 bridgehead atoms. The molecule has 84 valence electrons. The quantitative estimate of drug-likeness (QED) is 0.825. The first-order valence-corrected chi connectivity index (χ1v) is 5.65. The first-order valence-electron chi connectivity index (χ1n) is 5.65. The molecular formula is C11H19N3O. The van der Waals surface area contributed by atoms with Gasteiger partial charge in [-0.05, 0) is 26.7 Å². The van der Waals surface area contributed by atoms with Crippen molar-refractivity contribution >= 4 is 0 Å². The minimum atomic E-state index is -0.0195. The molecular weight excluding hydrogens is 190 g/mol. The van der Waals surface area contributed by atoms with Crippen molar-refractivity contribution < 1.29 is 4.52 Å². The standard InChI is InChI=1S/C11H19N3O/c1-7(2)9-12-10(15-14-9)11(5-6-11)13-8(3)4/h7-8,13H,5-6H2,1-4H3. The van der Waals surface area contributed by atoms with Gasteiger partial charge in [-0.1, -0.05) is 19.0 Å². The van der Waals surface area contributed by atoms with E-state index in [2.05, 4.69) is 43.2 Å². The Bertz CT molecular complexity index is 339. The molecule has 0 unspecified atom stereocenters. The second kappa shape index (κ2) is 3.59. The van der Waals surface area contributed by atoms with E-state index in [4.69, 9.17) is 4.52 Å². The summed E-state index contributed by atoms with van der Waals surface area (Å²) in [6.45, 7) is 8.42. The normalized spacial score (nSPS) is 18.8. The van der Waals surface area contributed by atoms with Crippen molar-refractivity contribution in [3.05, 3.63) is 11.7 Å². The molecule has 4 heteroatoms. The fraction of sp³-hybridized carbons (Fsp3) is 0.818. The Morgan fingerprint density at radius 3 is 2.33 bits per heavy atom. The van der Waals surface area contributed by atoms with Gasteiger partial charge >= 0.3 is 0 Å². The summed E-state index contributed by atoms with van der Waals surface area (Å²) in [6, 6.07) is 0.446. The average Bonchev–Trinajstić information content (AvgIpc) is 2.75. The van der Waals surface area contributed by atoms with Crippen LogP contribution in [-0.2, 0) is 5.54 Å². The van der Waals surface area contributed by atoms with Gasteiger partial charge in [0.25, 0.3) is 0 Å². The van der Waals surface area contributed by atoms with Crippen LogP contribution in [0.15, 0.2) is 4.52 Å². The molecule has 0 atom stereocenters. The topological polar surface area (TPSA) is 51.0 Å². The predicted molar refractivity (Wildman–Crippen MR) is 57.6 cm³/mol. The highest BCUT2D eigenvalue weighted by Crippen LogP contribution is 2.45. The number of nitrogens with zero attached hydrogens (tertiary/aromatic N) is 2. The Kier molecular flexibility index (Phi) is 2.54. The Morgan fingerprint density at radius 2 is 1.93 bits per heavy atom. The Morgan fingerprint density at radius 1 is 1.27 bits per heavy atom. The molecule has 0 aliphatic heterocycles. The van der Waals surface area contributed by atoms with E-state index in [1.54, 1.807) is 0 Å². The molecule has 0 radical (unpaired) electrons. The van der Waals surface area contributed by atoms with Crippen LogP contribution >= 0.6 is 0 Å². The molecule has 1 N–H and O–H groups in total. The van der Waals surface area contributed by atoms with Crippen molar-refractivity contribution in [1.29, 1.82) is 0 Å². The molecule has 4 nitrogen and oxygen atoms in total. The number of nitrogens with one attached hydrogen (secondary N) is 1. The van der Waals surface area contributed by atoms with Crippen LogP contribution in [0.1, 0.15) is 58.2 Å². The van der Waals surface area contributed by atoms with E-state index < -0.39 is 0 Å². The lowest BCUT2D eigenvalue weighted by atomic mass is 10.2. The molecule has 1 saturated carbocycles. The molecule has 1 aromatic heterocycles. The highest BCUT2D eigenvalue weighted by atomic mass is 16.5. The largest absolute Gasteiger partial charge is 0.337 e. The van der Waals surface area contributed by atoms with Crippen LogP contribution in [0, 0.1) is 0 Å². The molecule has 0 saturated heterocycles. The van der Waals surface area contributed by atoms with Crippen LogP contribution < -0.4 is 5.32 Å². The molecule has 0 amide bonds. The summed E-state index contributed by atoms with van der Waals surface area (Å²) >= 11 is 0. The van der Waals surface area contributed by atoms with Gasteiger partial charge in [0.1, 0.15) is 0 Å². The second-order valence-corrected chi connectivity index (χ2v) is 4.99. The zero-order valence-corrected chi connectivity index (χ0v) is 9.87. The lowest BCUT2D eigenvalue weighted by molar-refractivity contribution is 0.304. The zero-order chi connectivity index (χ0) is 11.1. The predicted octanol–water partition coefficient (Wildman–Crippen LogP) is 2.18. The fourth-order valence-corrected chi connectivity index (χ4v) is 1.76. The third kappa shape index (κ3) is 2.04. The Balaban J connectivity index is 2.15. The highest BCUT2D eigenvalue weighted by molar-refractivity contribution is 5.14.